The van der Waals surface area contributed by atoms with Crippen molar-refractivity contribution >= 4 is 11.6 Å². The molecular weight excluding hydrogens is 407 g/mol. The average molecular weight is 417 g/mol. The normalized spacial score (nSPS) is 15.0. The highest BCUT2D eigenvalue weighted by molar-refractivity contribution is 6.02. The van der Waals surface area contributed by atoms with Crippen molar-refractivity contribution in [1.29, 1.82) is 0 Å². The van der Waals surface area contributed by atoms with Crippen LogP contribution in [0.15, 0.2) is 12.1 Å². The second-order valence-electron chi connectivity index (χ2n) is 5.98. The van der Waals surface area contributed by atoms with Gasteiger partial charge < -0.3 is 4.74 Å². The minimum atomic E-state index is -4.36. The molecule has 10 heteroatoms. The summed E-state index contributed by atoms with van der Waals surface area (Å²) in [5.41, 5.74) is -3.55. The van der Waals surface area contributed by atoms with Crippen molar-refractivity contribution in [1.82, 2.24) is 0 Å². The third-order valence-corrected chi connectivity index (χ3v) is 4.30. The molecule has 2 aromatic rings. The number of ether oxygens (including phenoxy) is 1. The molecule has 2 aromatic carbocycles. The van der Waals surface area contributed by atoms with Crippen molar-refractivity contribution in [3.8, 4) is 29.2 Å². The standard InChI is InChI=1S/C19H10F7NO2/c1-3-5-27-11-6-9(10(20)7-12(11)29-19(25,26)18(27)28)13-14(21)8(4-2)15(22)17(24)16(13)23/h1,6-7H,4-5H2,2H3. The molecule has 0 N–H and O–H groups in total. The number of amides is 1. The van der Waals surface area contributed by atoms with E-state index in [0.717, 1.165) is 0 Å². The highest BCUT2D eigenvalue weighted by atomic mass is 19.3. The number of fused-ring (bicyclic) bond motifs is 1. The number of rotatable bonds is 3. The van der Waals surface area contributed by atoms with Gasteiger partial charge in [0.1, 0.15) is 11.6 Å². The van der Waals surface area contributed by atoms with Crippen molar-refractivity contribution in [2.45, 2.75) is 19.5 Å². The van der Waals surface area contributed by atoms with Crippen molar-refractivity contribution in [2.75, 3.05) is 11.4 Å². The van der Waals surface area contributed by atoms with E-state index >= 15 is 0 Å². The molecule has 0 saturated heterocycles. The number of carbonyl (C=O) groups excluding carboxylic acids is 1. The molecule has 0 fully saturated rings. The first-order chi connectivity index (χ1) is 13.5. The van der Waals surface area contributed by atoms with Crippen molar-refractivity contribution in [3.05, 3.63) is 46.8 Å². The van der Waals surface area contributed by atoms with E-state index in [-0.39, 0.29) is 6.42 Å². The summed E-state index contributed by atoms with van der Waals surface area (Å²) in [6, 6.07) is 0.952. The summed E-state index contributed by atoms with van der Waals surface area (Å²) in [6.45, 7) is 0.563. The Morgan fingerprint density at radius 3 is 2.31 bits per heavy atom. The van der Waals surface area contributed by atoms with Crippen LogP contribution in [0.25, 0.3) is 11.1 Å². The second-order valence-corrected chi connectivity index (χ2v) is 5.98. The summed E-state index contributed by atoms with van der Waals surface area (Å²) in [5.74, 6) is -9.64. The summed E-state index contributed by atoms with van der Waals surface area (Å²) in [5, 5.41) is 0. The third-order valence-electron chi connectivity index (χ3n) is 4.30. The van der Waals surface area contributed by atoms with E-state index in [1.807, 2.05) is 5.92 Å². The summed E-state index contributed by atoms with van der Waals surface area (Å²) in [6.07, 6.45) is 0.315. The number of alkyl halides is 2. The van der Waals surface area contributed by atoms with Crippen molar-refractivity contribution in [2.24, 2.45) is 0 Å². The molecule has 152 valence electrons. The molecule has 0 aromatic heterocycles. The van der Waals surface area contributed by atoms with Gasteiger partial charge in [-0.3, -0.25) is 9.69 Å². The molecule has 1 aliphatic heterocycles. The molecule has 3 nitrogen and oxygen atoms in total. The van der Waals surface area contributed by atoms with E-state index < -0.39 is 75.8 Å². The van der Waals surface area contributed by atoms with Crippen LogP contribution in [-0.2, 0) is 11.2 Å². The fourth-order valence-electron chi connectivity index (χ4n) is 2.95. The van der Waals surface area contributed by atoms with Crippen LogP contribution in [0.3, 0.4) is 0 Å². The van der Waals surface area contributed by atoms with Crippen LogP contribution in [0, 0.1) is 41.4 Å². The number of nitrogens with zero attached hydrogens (tertiary/aromatic N) is 1. The van der Waals surface area contributed by atoms with Crippen LogP contribution in [0.4, 0.5) is 36.4 Å². The molecule has 1 aliphatic rings. The van der Waals surface area contributed by atoms with Gasteiger partial charge in [-0.05, 0) is 12.5 Å². The lowest BCUT2D eigenvalue weighted by atomic mass is 9.97. The lowest BCUT2D eigenvalue weighted by Gasteiger charge is -2.32. The van der Waals surface area contributed by atoms with Crippen LogP contribution in [-0.4, -0.2) is 18.6 Å². The molecule has 0 atom stereocenters. The lowest BCUT2D eigenvalue weighted by molar-refractivity contribution is -0.192. The maximum absolute atomic E-state index is 14.6. The number of benzene rings is 2. The Balaban J connectivity index is 2.32. The van der Waals surface area contributed by atoms with E-state index in [1.165, 1.54) is 6.92 Å². The molecule has 29 heavy (non-hydrogen) atoms. The first kappa shape index (κ1) is 20.5. The number of hydrogen-bond acceptors (Lipinski definition) is 2. The van der Waals surface area contributed by atoms with Crippen LogP contribution in [0.2, 0.25) is 0 Å². The molecule has 0 saturated carbocycles. The Hall–Kier alpha value is -3.22. The topological polar surface area (TPSA) is 29.5 Å². The lowest BCUT2D eigenvalue weighted by Crippen LogP contribution is -2.51. The van der Waals surface area contributed by atoms with Crippen LogP contribution in [0.1, 0.15) is 12.5 Å². The van der Waals surface area contributed by atoms with Gasteiger partial charge in [-0.2, -0.15) is 8.78 Å². The molecule has 0 spiro atoms. The fraction of sp³-hybridized carbons (Fsp3) is 0.211. The van der Waals surface area contributed by atoms with Gasteiger partial charge in [-0.15, -0.1) is 6.42 Å². The number of halogens is 7. The monoisotopic (exact) mass is 417 g/mol. The molecule has 0 aliphatic carbocycles. The van der Waals surface area contributed by atoms with Gasteiger partial charge in [0.25, 0.3) is 0 Å². The molecule has 1 heterocycles. The minimum Gasteiger partial charge on any atom is -0.423 e. The predicted molar refractivity (Wildman–Crippen MR) is 87.8 cm³/mol. The SMILES string of the molecule is C#CCN1C(=O)C(F)(F)Oc2cc(F)c(-c3c(F)c(F)c(F)c(CC)c3F)cc21. The van der Waals surface area contributed by atoms with E-state index in [4.69, 9.17) is 6.42 Å². The summed E-state index contributed by atoms with van der Waals surface area (Å²) in [4.78, 5) is 12.2. The molecule has 1 amide bonds. The van der Waals surface area contributed by atoms with Gasteiger partial charge in [-0.1, -0.05) is 12.8 Å². The van der Waals surface area contributed by atoms with Crippen molar-refractivity contribution in [3.63, 3.8) is 0 Å². The van der Waals surface area contributed by atoms with E-state index in [1.54, 1.807) is 0 Å². The Morgan fingerprint density at radius 1 is 1.07 bits per heavy atom. The first-order valence-corrected chi connectivity index (χ1v) is 8.06. The zero-order chi connectivity index (χ0) is 21.7. The van der Waals surface area contributed by atoms with E-state index in [0.29, 0.717) is 17.0 Å². The minimum absolute atomic E-state index is 0.345. The fourth-order valence-corrected chi connectivity index (χ4v) is 2.95. The number of anilines is 1. The van der Waals surface area contributed by atoms with E-state index in [2.05, 4.69) is 4.74 Å². The Labute approximate surface area is 159 Å². The Morgan fingerprint density at radius 2 is 1.72 bits per heavy atom. The van der Waals surface area contributed by atoms with Gasteiger partial charge in [-0.25, -0.2) is 22.0 Å². The number of carbonyl (C=O) groups is 1. The largest absolute Gasteiger partial charge is 0.483 e. The molecule has 3 rings (SSSR count). The van der Waals surface area contributed by atoms with E-state index in [9.17, 15) is 35.5 Å². The Bertz CT molecular complexity index is 1080. The second kappa shape index (κ2) is 6.99. The van der Waals surface area contributed by atoms with Crippen LogP contribution >= 0.6 is 0 Å². The summed E-state index contributed by atoms with van der Waals surface area (Å²) in [7, 11) is 0. The zero-order valence-corrected chi connectivity index (χ0v) is 14.6. The van der Waals surface area contributed by atoms with Gasteiger partial charge >= 0.3 is 12.0 Å². The van der Waals surface area contributed by atoms with Crippen LogP contribution in [0.5, 0.6) is 5.75 Å². The summed E-state index contributed by atoms with van der Waals surface area (Å²) < 4.78 is 103. The van der Waals surface area contributed by atoms with Gasteiger partial charge in [0.2, 0.25) is 0 Å². The smallest absolute Gasteiger partial charge is 0.423 e. The third kappa shape index (κ3) is 3.06. The highest BCUT2D eigenvalue weighted by Crippen LogP contribution is 2.44. The predicted octanol–water partition coefficient (Wildman–Crippen LogP) is 4.56. The first-order valence-electron chi connectivity index (χ1n) is 8.06. The van der Waals surface area contributed by atoms with Gasteiger partial charge in [0, 0.05) is 17.2 Å². The van der Waals surface area contributed by atoms with Crippen molar-refractivity contribution < 1.29 is 40.3 Å². The Kier molecular flexibility index (Phi) is 4.94. The molecule has 0 radical (unpaired) electrons. The quantitative estimate of drug-likeness (QED) is 0.317. The highest BCUT2D eigenvalue weighted by Gasteiger charge is 2.50. The molecule has 0 unspecified atom stereocenters. The molecular formula is C19H10F7NO2. The van der Waals surface area contributed by atoms with Gasteiger partial charge in [0.15, 0.2) is 23.2 Å². The molecule has 0 bridgehead atoms. The number of hydrogen-bond donors (Lipinski definition) is 0. The average Bonchev–Trinajstić information content (AvgIpc) is 2.65. The maximum atomic E-state index is 14.6. The maximum Gasteiger partial charge on any atom is 0.483 e. The number of terminal acetylenes is 1. The summed E-state index contributed by atoms with van der Waals surface area (Å²) >= 11 is 0. The zero-order valence-electron chi connectivity index (χ0n) is 14.6. The van der Waals surface area contributed by atoms with Crippen LogP contribution < -0.4 is 9.64 Å². The van der Waals surface area contributed by atoms with Gasteiger partial charge in [0.05, 0.1) is 17.8 Å².